The zero-order valence-electron chi connectivity index (χ0n) is 15.2. The average molecular weight is 349 g/mol. The number of nitrogens with one attached hydrogen (secondary N) is 1. The van der Waals surface area contributed by atoms with Gasteiger partial charge in [-0.2, -0.15) is 0 Å². The number of carboxylic acid groups (broad SMARTS) is 1. The first kappa shape index (κ1) is 17.8. The minimum atomic E-state index is -0.915. The molecular weight excluding hydrogens is 326 g/mol. The van der Waals surface area contributed by atoms with Crippen molar-refractivity contribution in [1.82, 2.24) is 0 Å². The molecule has 0 heterocycles. The smallest absolute Gasteiger partial charge is 0.335 e. The van der Waals surface area contributed by atoms with Gasteiger partial charge >= 0.3 is 5.97 Å². The van der Waals surface area contributed by atoms with E-state index in [1.807, 2.05) is 45.0 Å². The Morgan fingerprint density at radius 2 is 1.88 bits per heavy atom. The SMILES string of the molecule is Cc1cc(C(=O)O)ccc1NCc1c(OC(C)C)ccc2ccccc12. The summed E-state index contributed by atoms with van der Waals surface area (Å²) in [6.45, 7) is 6.53. The van der Waals surface area contributed by atoms with Crippen molar-refractivity contribution in [3.8, 4) is 5.75 Å². The minimum Gasteiger partial charge on any atom is -0.491 e. The second-order valence-corrected chi connectivity index (χ2v) is 6.62. The number of ether oxygens (including phenoxy) is 1. The normalized spacial score (nSPS) is 10.9. The number of rotatable bonds is 6. The van der Waals surface area contributed by atoms with Gasteiger partial charge in [-0.3, -0.25) is 0 Å². The highest BCUT2D eigenvalue weighted by molar-refractivity contribution is 5.89. The van der Waals surface area contributed by atoms with Gasteiger partial charge in [0.1, 0.15) is 5.75 Å². The Morgan fingerprint density at radius 1 is 1.12 bits per heavy atom. The zero-order chi connectivity index (χ0) is 18.7. The lowest BCUT2D eigenvalue weighted by molar-refractivity contribution is 0.0697. The molecule has 0 saturated carbocycles. The molecule has 0 bridgehead atoms. The molecule has 0 radical (unpaired) electrons. The summed E-state index contributed by atoms with van der Waals surface area (Å²) in [5.41, 5.74) is 3.20. The fourth-order valence-corrected chi connectivity index (χ4v) is 3.04. The third-order valence-electron chi connectivity index (χ3n) is 4.29. The number of hydrogen-bond acceptors (Lipinski definition) is 3. The second-order valence-electron chi connectivity index (χ2n) is 6.62. The van der Waals surface area contributed by atoms with Gasteiger partial charge in [-0.15, -0.1) is 0 Å². The molecule has 0 atom stereocenters. The summed E-state index contributed by atoms with van der Waals surface area (Å²) in [4.78, 5) is 11.1. The van der Waals surface area contributed by atoms with E-state index in [-0.39, 0.29) is 6.10 Å². The molecule has 0 amide bonds. The monoisotopic (exact) mass is 349 g/mol. The number of fused-ring (bicyclic) bond motifs is 1. The number of aryl methyl sites for hydroxylation is 1. The fraction of sp³-hybridized carbons (Fsp3) is 0.227. The molecule has 0 aliphatic rings. The summed E-state index contributed by atoms with van der Waals surface area (Å²) >= 11 is 0. The van der Waals surface area contributed by atoms with Crippen molar-refractivity contribution in [3.05, 3.63) is 71.3 Å². The van der Waals surface area contributed by atoms with Crippen molar-refractivity contribution in [2.75, 3.05) is 5.32 Å². The Morgan fingerprint density at radius 3 is 2.58 bits per heavy atom. The summed E-state index contributed by atoms with van der Waals surface area (Å²) in [7, 11) is 0. The molecule has 0 saturated heterocycles. The van der Waals surface area contributed by atoms with Crippen LogP contribution < -0.4 is 10.1 Å². The van der Waals surface area contributed by atoms with Crippen LogP contribution in [-0.2, 0) is 6.54 Å². The minimum absolute atomic E-state index is 0.0894. The van der Waals surface area contributed by atoms with Crippen LogP contribution in [0.2, 0.25) is 0 Å². The molecule has 0 spiro atoms. The predicted octanol–water partition coefficient (Wildman–Crippen LogP) is 5.25. The molecule has 0 fully saturated rings. The molecular formula is C22H23NO3. The Bertz CT molecular complexity index is 947. The quantitative estimate of drug-likeness (QED) is 0.638. The molecule has 0 unspecified atom stereocenters. The maximum Gasteiger partial charge on any atom is 0.335 e. The van der Waals surface area contributed by atoms with E-state index in [1.165, 1.54) is 5.39 Å². The number of aromatic carboxylic acids is 1. The van der Waals surface area contributed by atoms with Gasteiger partial charge in [-0.05, 0) is 61.4 Å². The van der Waals surface area contributed by atoms with Crippen LogP contribution in [0.15, 0.2) is 54.6 Å². The molecule has 26 heavy (non-hydrogen) atoms. The summed E-state index contributed by atoms with van der Waals surface area (Å²) in [6, 6.07) is 17.4. The molecule has 2 N–H and O–H groups in total. The van der Waals surface area contributed by atoms with Crippen molar-refractivity contribution in [3.63, 3.8) is 0 Å². The van der Waals surface area contributed by atoms with Gasteiger partial charge in [0.05, 0.1) is 11.7 Å². The average Bonchev–Trinajstić information content (AvgIpc) is 2.61. The van der Waals surface area contributed by atoms with Crippen LogP contribution in [0.5, 0.6) is 5.75 Å². The second kappa shape index (κ2) is 7.48. The molecule has 0 aromatic heterocycles. The fourth-order valence-electron chi connectivity index (χ4n) is 3.04. The van der Waals surface area contributed by atoms with Crippen molar-refractivity contribution < 1.29 is 14.6 Å². The van der Waals surface area contributed by atoms with Crippen molar-refractivity contribution in [2.24, 2.45) is 0 Å². The first-order chi connectivity index (χ1) is 12.5. The first-order valence-corrected chi connectivity index (χ1v) is 8.71. The zero-order valence-corrected chi connectivity index (χ0v) is 15.2. The first-order valence-electron chi connectivity index (χ1n) is 8.71. The number of hydrogen-bond donors (Lipinski definition) is 2. The Kier molecular flexibility index (Phi) is 5.12. The number of anilines is 1. The van der Waals surface area contributed by atoms with Crippen LogP contribution in [0.3, 0.4) is 0 Å². The third-order valence-corrected chi connectivity index (χ3v) is 4.29. The van der Waals surface area contributed by atoms with Gasteiger partial charge in [0.15, 0.2) is 0 Å². The Hall–Kier alpha value is -3.01. The van der Waals surface area contributed by atoms with Crippen LogP contribution in [0.1, 0.15) is 35.3 Å². The Labute approximate surface area is 153 Å². The molecule has 3 aromatic carbocycles. The highest BCUT2D eigenvalue weighted by Crippen LogP contribution is 2.30. The summed E-state index contributed by atoms with van der Waals surface area (Å²) in [5, 5.41) is 14.9. The third kappa shape index (κ3) is 3.80. The van der Waals surface area contributed by atoms with Crippen LogP contribution in [0.4, 0.5) is 5.69 Å². The van der Waals surface area contributed by atoms with Crippen LogP contribution in [0, 0.1) is 6.92 Å². The van der Waals surface area contributed by atoms with Gasteiger partial charge in [0.2, 0.25) is 0 Å². The van der Waals surface area contributed by atoms with Crippen molar-refractivity contribution >= 4 is 22.4 Å². The lowest BCUT2D eigenvalue weighted by Gasteiger charge is -2.18. The highest BCUT2D eigenvalue weighted by Gasteiger charge is 2.11. The molecule has 0 aliphatic heterocycles. The van der Waals surface area contributed by atoms with E-state index in [2.05, 4.69) is 23.5 Å². The van der Waals surface area contributed by atoms with Gasteiger partial charge < -0.3 is 15.2 Å². The Balaban J connectivity index is 1.93. The van der Waals surface area contributed by atoms with Crippen LogP contribution >= 0.6 is 0 Å². The predicted molar refractivity (Wildman–Crippen MR) is 105 cm³/mol. The molecule has 3 aromatic rings. The number of carboxylic acids is 1. The van der Waals surface area contributed by atoms with E-state index in [0.717, 1.165) is 28.0 Å². The lowest BCUT2D eigenvalue weighted by atomic mass is 10.0. The van der Waals surface area contributed by atoms with Gasteiger partial charge in [0, 0.05) is 17.8 Å². The topological polar surface area (TPSA) is 58.6 Å². The largest absolute Gasteiger partial charge is 0.491 e. The number of carbonyl (C=O) groups is 1. The highest BCUT2D eigenvalue weighted by atomic mass is 16.5. The standard InChI is InChI=1S/C22H23NO3/c1-14(2)26-21-11-9-16-6-4-5-7-18(16)19(21)13-23-20-10-8-17(22(24)25)12-15(20)3/h4-12,14,23H,13H2,1-3H3,(H,24,25). The van der Waals surface area contributed by atoms with E-state index >= 15 is 0 Å². The van der Waals surface area contributed by atoms with Crippen molar-refractivity contribution in [1.29, 1.82) is 0 Å². The van der Waals surface area contributed by atoms with Gasteiger partial charge in [0.25, 0.3) is 0 Å². The summed E-state index contributed by atoms with van der Waals surface area (Å²) < 4.78 is 6.00. The maximum absolute atomic E-state index is 11.1. The van der Waals surface area contributed by atoms with E-state index in [0.29, 0.717) is 12.1 Å². The lowest BCUT2D eigenvalue weighted by Crippen LogP contribution is -2.10. The van der Waals surface area contributed by atoms with E-state index in [1.54, 1.807) is 12.1 Å². The summed E-state index contributed by atoms with van der Waals surface area (Å²) in [5.74, 6) is -0.0488. The molecule has 4 nitrogen and oxygen atoms in total. The molecule has 0 aliphatic carbocycles. The van der Waals surface area contributed by atoms with Crippen molar-refractivity contribution in [2.45, 2.75) is 33.4 Å². The van der Waals surface area contributed by atoms with Gasteiger partial charge in [-0.25, -0.2) is 4.79 Å². The maximum atomic E-state index is 11.1. The van der Waals surface area contributed by atoms with E-state index in [9.17, 15) is 4.79 Å². The number of benzene rings is 3. The van der Waals surface area contributed by atoms with Crippen LogP contribution in [-0.4, -0.2) is 17.2 Å². The molecule has 3 rings (SSSR count). The molecule has 134 valence electrons. The van der Waals surface area contributed by atoms with E-state index in [4.69, 9.17) is 9.84 Å². The summed E-state index contributed by atoms with van der Waals surface area (Å²) in [6.07, 6.45) is 0.0894. The molecule has 4 heteroatoms. The van der Waals surface area contributed by atoms with Crippen LogP contribution in [0.25, 0.3) is 10.8 Å². The van der Waals surface area contributed by atoms with E-state index < -0.39 is 5.97 Å². The van der Waals surface area contributed by atoms with Gasteiger partial charge in [-0.1, -0.05) is 30.3 Å².